The zero-order valence-corrected chi connectivity index (χ0v) is 19.7. The topological polar surface area (TPSA) is 79.3 Å². The summed E-state index contributed by atoms with van der Waals surface area (Å²) in [4.78, 5) is 32.6. The lowest BCUT2D eigenvalue weighted by Crippen LogP contribution is -2.41. The van der Waals surface area contributed by atoms with E-state index < -0.39 is 6.04 Å². The third-order valence-corrected chi connectivity index (χ3v) is 6.58. The van der Waals surface area contributed by atoms with E-state index in [2.05, 4.69) is 50.3 Å². The van der Waals surface area contributed by atoms with Gasteiger partial charge in [0, 0.05) is 13.1 Å². The molecule has 9 heteroatoms. The minimum absolute atomic E-state index is 0.275. The number of anilines is 1. The summed E-state index contributed by atoms with van der Waals surface area (Å²) in [6.45, 7) is 9.43. The van der Waals surface area contributed by atoms with Gasteiger partial charge in [0.2, 0.25) is 11.9 Å². The Labute approximate surface area is 188 Å². The zero-order chi connectivity index (χ0) is 21.7. The number of aromatic nitrogens is 2. The molecule has 2 N–H and O–H groups in total. The van der Waals surface area contributed by atoms with E-state index in [9.17, 15) is 9.59 Å². The molecule has 30 heavy (non-hydrogen) atoms. The molecule has 0 aliphatic carbocycles. The number of carbonyl (C=O) groups excluding carboxylic acids is 2. The van der Waals surface area contributed by atoms with Gasteiger partial charge in [-0.3, -0.25) is 14.9 Å². The smallest absolute Gasteiger partial charge is 0.262 e. The summed E-state index contributed by atoms with van der Waals surface area (Å²) < 4.78 is 2.89. The van der Waals surface area contributed by atoms with Gasteiger partial charge in [0.05, 0.1) is 19.7 Å². The molecule has 0 aliphatic rings. The molecule has 1 unspecified atom stereocenters. The van der Waals surface area contributed by atoms with Crippen LogP contribution in [0.25, 0.3) is 11.0 Å². The Morgan fingerprint density at radius 1 is 1.20 bits per heavy atom. The number of halogens is 1. The van der Waals surface area contributed by atoms with Crippen LogP contribution in [0.4, 0.5) is 5.95 Å². The fourth-order valence-electron chi connectivity index (χ4n) is 3.17. The van der Waals surface area contributed by atoms with E-state index in [1.165, 1.54) is 11.3 Å². The van der Waals surface area contributed by atoms with Gasteiger partial charge in [-0.15, -0.1) is 11.3 Å². The summed E-state index contributed by atoms with van der Waals surface area (Å²) in [6, 6.07) is 10.7. The van der Waals surface area contributed by atoms with Crippen molar-refractivity contribution in [3.05, 3.63) is 45.1 Å². The summed E-state index contributed by atoms with van der Waals surface area (Å²) in [5.41, 5.74) is 1.80. The van der Waals surface area contributed by atoms with Crippen LogP contribution in [0.15, 0.2) is 40.2 Å². The molecule has 0 fully saturated rings. The van der Waals surface area contributed by atoms with Gasteiger partial charge in [-0.25, -0.2) is 4.98 Å². The number of nitrogens with zero attached hydrogens (tertiary/aromatic N) is 3. The number of hydrogen-bond donors (Lipinski definition) is 2. The first kappa shape index (κ1) is 22.5. The Morgan fingerprint density at radius 2 is 1.93 bits per heavy atom. The van der Waals surface area contributed by atoms with Crippen LogP contribution in [0, 0.1) is 0 Å². The molecule has 3 aromatic rings. The SMILES string of the molecule is CCN(CC)CCn1c(NC(=O)C(C)NC(=O)c2ccc(Br)s2)nc2ccccc21. The number of carbonyl (C=O) groups is 2. The number of para-hydroxylation sites is 2. The van der Waals surface area contributed by atoms with Gasteiger partial charge >= 0.3 is 0 Å². The van der Waals surface area contributed by atoms with Crippen molar-refractivity contribution in [3.63, 3.8) is 0 Å². The monoisotopic (exact) mass is 491 g/mol. The third-order valence-electron chi connectivity index (χ3n) is 4.96. The number of rotatable bonds is 9. The van der Waals surface area contributed by atoms with E-state index in [0.29, 0.717) is 17.4 Å². The van der Waals surface area contributed by atoms with Crippen LogP contribution >= 0.6 is 27.3 Å². The summed E-state index contributed by atoms with van der Waals surface area (Å²) in [5, 5.41) is 5.64. The lowest BCUT2D eigenvalue weighted by molar-refractivity contribution is -0.117. The second-order valence-corrected chi connectivity index (χ2v) is 9.35. The largest absolute Gasteiger partial charge is 0.340 e. The zero-order valence-electron chi connectivity index (χ0n) is 17.3. The van der Waals surface area contributed by atoms with Gasteiger partial charge < -0.3 is 14.8 Å². The molecule has 0 bridgehead atoms. The van der Waals surface area contributed by atoms with Crippen LogP contribution in [-0.2, 0) is 11.3 Å². The molecule has 2 amide bonds. The Balaban J connectivity index is 1.74. The van der Waals surface area contributed by atoms with Crippen molar-refractivity contribution in [2.45, 2.75) is 33.4 Å². The summed E-state index contributed by atoms with van der Waals surface area (Å²) in [6.07, 6.45) is 0. The average molecular weight is 492 g/mol. The van der Waals surface area contributed by atoms with E-state index >= 15 is 0 Å². The quantitative estimate of drug-likeness (QED) is 0.474. The number of likely N-dealkylation sites (N-methyl/N-ethyl adjacent to an activating group) is 1. The fourth-order valence-corrected chi connectivity index (χ4v) is 4.46. The first-order valence-electron chi connectivity index (χ1n) is 9.97. The molecule has 3 rings (SSSR count). The molecular formula is C21H26BrN5O2S. The lowest BCUT2D eigenvalue weighted by atomic mass is 10.3. The second kappa shape index (κ2) is 10.2. The average Bonchev–Trinajstić information content (AvgIpc) is 3.32. The molecule has 0 spiro atoms. The minimum atomic E-state index is -0.700. The van der Waals surface area contributed by atoms with Crippen LogP contribution in [-0.4, -0.2) is 51.9 Å². The van der Waals surface area contributed by atoms with Gasteiger partial charge in [0.1, 0.15) is 6.04 Å². The van der Waals surface area contributed by atoms with Crippen molar-refractivity contribution >= 4 is 56.1 Å². The van der Waals surface area contributed by atoms with Crippen LogP contribution in [0.2, 0.25) is 0 Å². The van der Waals surface area contributed by atoms with Gasteiger partial charge in [-0.1, -0.05) is 26.0 Å². The Kier molecular flexibility index (Phi) is 7.63. The van der Waals surface area contributed by atoms with Crippen molar-refractivity contribution < 1.29 is 9.59 Å². The normalized spacial score (nSPS) is 12.3. The maximum Gasteiger partial charge on any atom is 0.262 e. The number of hydrogen-bond acceptors (Lipinski definition) is 5. The predicted molar refractivity (Wildman–Crippen MR) is 125 cm³/mol. The second-order valence-electron chi connectivity index (χ2n) is 6.89. The Morgan fingerprint density at radius 3 is 2.60 bits per heavy atom. The molecule has 0 aliphatic heterocycles. The van der Waals surface area contributed by atoms with Crippen molar-refractivity contribution in [2.75, 3.05) is 25.0 Å². The van der Waals surface area contributed by atoms with E-state index in [1.807, 2.05) is 34.9 Å². The maximum absolute atomic E-state index is 12.8. The summed E-state index contributed by atoms with van der Waals surface area (Å²) >= 11 is 4.67. The van der Waals surface area contributed by atoms with Gasteiger partial charge in [0.15, 0.2) is 0 Å². The molecule has 0 radical (unpaired) electrons. The number of imidazole rings is 1. The summed E-state index contributed by atoms with van der Waals surface area (Å²) in [7, 11) is 0. The van der Waals surface area contributed by atoms with Gasteiger partial charge in [-0.2, -0.15) is 0 Å². The molecule has 1 atom stereocenters. The van der Waals surface area contributed by atoms with Crippen LogP contribution in [0.1, 0.15) is 30.4 Å². The molecule has 2 heterocycles. The van der Waals surface area contributed by atoms with E-state index in [1.54, 1.807) is 13.0 Å². The summed E-state index contributed by atoms with van der Waals surface area (Å²) in [5.74, 6) is -0.0879. The fraction of sp³-hybridized carbons (Fsp3) is 0.381. The predicted octanol–water partition coefficient (Wildman–Crippen LogP) is 3.96. The number of amides is 2. The molecular weight excluding hydrogens is 466 g/mol. The Bertz CT molecular complexity index is 1030. The maximum atomic E-state index is 12.8. The first-order chi connectivity index (χ1) is 14.4. The molecule has 160 valence electrons. The minimum Gasteiger partial charge on any atom is -0.340 e. The number of fused-ring (bicyclic) bond motifs is 1. The van der Waals surface area contributed by atoms with E-state index in [0.717, 1.165) is 34.5 Å². The third kappa shape index (κ3) is 5.27. The van der Waals surface area contributed by atoms with Crippen molar-refractivity contribution in [1.82, 2.24) is 19.8 Å². The highest BCUT2D eigenvalue weighted by Crippen LogP contribution is 2.22. The first-order valence-corrected chi connectivity index (χ1v) is 11.6. The Hall–Kier alpha value is -2.23. The lowest BCUT2D eigenvalue weighted by Gasteiger charge is -2.20. The molecule has 0 saturated carbocycles. The van der Waals surface area contributed by atoms with E-state index in [-0.39, 0.29) is 11.8 Å². The number of nitrogens with one attached hydrogen (secondary N) is 2. The van der Waals surface area contributed by atoms with Crippen LogP contribution in [0.3, 0.4) is 0 Å². The van der Waals surface area contributed by atoms with Crippen molar-refractivity contribution in [2.24, 2.45) is 0 Å². The number of thiophene rings is 1. The highest BCUT2D eigenvalue weighted by molar-refractivity contribution is 9.11. The van der Waals surface area contributed by atoms with Gasteiger partial charge in [-0.05, 0) is 60.2 Å². The number of benzene rings is 1. The van der Waals surface area contributed by atoms with Crippen molar-refractivity contribution in [3.8, 4) is 0 Å². The molecule has 1 aromatic carbocycles. The standard InChI is InChI=1S/C21H26BrN5O2S/c1-4-26(5-2)12-13-27-16-9-7-6-8-15(16)24-21(27)25-19(28)14(3)23-20(29)17-10-11-18(22)30-17/h6-11,14H,4-5,12-13H2,1-3H3,(H,23,29)(H,24,25,28). The van der Waals surface area contributed by atoms with E-state index in [4.69, 9.17) is 0 Å². The van der Waals surface area contributed by atoms with Gasteiger partial charge in [0.25, 0.3) is 5.91 Å². The molecule has 7 nitrogen and oxygen atoms in total. The van der Waals surface area contributed by atoms with Crippen LogP contribution in [0.5, 0.6) is 0 Å². The molecule has 2 aromatic heterocycles. The van der Waals surface area contributed by atoms with Crippen LogP contribution < -0.4 is 10.6 Å². The van der Waals surface area contributed by atoms with Crippen molar-refractivity contribution in [1.29, 1.82) is 0 Å². The highest BCUT2D eigenvalue weighted by atomic mass is 79.9. The highest BCUT2D eigenvalue weighted by Gasteiger charge is 2.20. The molecule has 0 saturated heterocycles.